The number of rotatable bonds is 8. The number of benzene rings is 4. The highest BCUT2D eigenvalue weighted by Gasteiger charge is 2.12. The third kappa shape index (κ3) is 4.70. The Morgan fingerprint density at radius 3 is 1.93 bits per heavy atom. The quantitative estimate of drug-likeness (QED) is 0.360. The predicted octanol–water partition coefficient (Wildman–Crippen LogP) is 6.22. The van der Waals surface area contributed by atoms with Gasteiger partial charge in [-0.25, -0.2) is 0 Å². The molecule has 0 saturated carbocycles. The average molecular weight is 394 g/mol. The Bertz CT molecular complexity index is 1010. The number of nitrogens with zero attached hydrogens (tertiary/aromatic N) is 1. The summed E-state index contributed by atoms with van der Waals surface area (Å²) in [6.07, 6.45) is 0. The maximum absolute atomic E-state index is 5.76. The molecular formula is C27H25N2O. The number of anilines is 3. The van der Waals surface area contributed by atoms with Crippen LogP contribution >= 0.6 is 0 Å². The summed E-state index contributed by atoms with van der Waals surface area (Å²) < 4.78 is 5.76. The van der Waals surface area contributed by atoms with E-state index in [4.69, 9.17) is 4.74 Å². The fourth-order valence-electron chi connectivity index (χ4n) is 3.37. The van der Waals surface area contributed by atoms with Gasteiger partial charge in [-0.05, 0) is 66.7 Å². The summed E-state index contributed by atoms with van der Waals surface area (Å²) in [6, 6.07) is 38.6. The number of hydrogen-bond acceptors (Lipinski definition) is 3. The molecule has 0 aliphatic rings. The highest BCUT2D eigenvalue weighted by atomic mass is 16.5. The topological polar surface area (TPSA) is 24.5 Å². The van der Waals surface area contributed by atoms with E-state index in [9.17, 15) is 0 Å². The van der Waals surface area contributed by atoms with Gasteiger partial charge in [-0.3, -0.25) is 0 Å². The van der Waals surface area contributed by atoms with Crippen LogP contribution in [0.3, 0.4) is 0 Å². The first kappa shape index (κ1) is 19.7. The molecule has 0 amide bonds. The van der Waals surface area contributed by atoms with Crippen molar-refractivity contribution in [1.82, 2.24) is 5.32 Å². The zero-order chi connectivity index (χ0) is 20.6. The lowest BCUT2D eigenvalue weighted by atomic mass is 10.0. The second kappa shape index (κ2) is 9.77. The van der Waals surface area contributed by atoms with E-state index in [0.29, 0.717) is 6.61 Å². The summed E-state index contributed by atoms with van der Waals surface area (Å²) in [7, 11) is 1.92. The van der Waals surface area contributed by atoms with Gasteiger partial charge in [0.15, 0.2) is 0 Å². The molecule has 0 spiro atoms. The Labute approximate surface area is 178 Å². The van der Waals surface area contributed by atoms with Gasteiger partial charge < -0.3 is 15.0 Å². The fraction of sp³-hybridized carbons (Fsp3) is 0.111. The van der Waals surface area contributed by atoms with Crippen LogP contribution in [0.5, 0.6) is 5.75 Å². The van der Waals surface area contributed by atoms with E-state index < -0.39 is 0 Å². The van der Waals surface area contributed by atoms with Crippen LogP contribution in [0.25, 0.3) is 11.1 Å². The molecule has 0 bridgehead atoms. The highest BCUT2D eigenvalue weighted by Crippen LogP contribution is 2.35. The number of ether oxygens (including phenoxy) is 1. The van der Waals surface area contributed by atoms with Gasteiger partial charge in [0.1, 0.15) is 12.4 Å². The third-order valence-electron chi connectivity index (χ3n) is 4.87. The molecule has 4 aromatic carbocycles. The van der Waals surface area contributed by atoms with E-state index in [-0.39, 0.29) is 0 Å². The predicted molar refractivity (Wildman–Crippen MR) is 125 cm³/mol. The molecule has 0 fully saturated rings. The molecule has 1 N–H and O–H groups in total. The van der Waals surface area contributed by atoms with Gasteiger partial charge in [-0.2, -0.15) is 0 Å². The molecule has 1 radical (unpaired) electrons. The molecular weight excluding hydrogens is 368 g/mol. The van der Waals surface area contributed by atoms with Gasteiger partial charge in [0.25, 0.3) is 0 Å². The summed E-state index contributed by atoms with van der Waals surface area (Å²) in [6.45, 7) is 1.43. The normalized spacial score (nSPS) is 10.6. The minimum atomic E-state index is 0.624. The monoisotopic (exact) mass is 393 g/mol. The lowest BCUT2D eigenvalue weighted by molar-refractivity contribution is 0.318. The minimum Gasteiger partial charge on any atom is -0.492 e. The van der Waals surface area contributed by atoms with Crippen molar-refractivity contribution in [2.75, 3.05) is 25.1 Å². The number of hydrogen-bond donors (Lipinski definition) is 1. The Kier molecular flexibility index (Phi) is 6.43. The zero-order valence-corrected chi connectivity index (χ0v) is 17.1. The van der Waals surface area contributed by atoms with Gasteiger partial charge in [-0.1, -0.05) is 54.6 Å². The summed E-state index contributed by atoms with van der Waals surface area (Å²) in [5, 5.41) is 3.08. The van der Waals surface area contributed by atoms with Crippen molar-refractivity contribution >= 4 is 17.1 Å². The van der Waals surface area contributed by atoms with Gasteiger partial charge >= 0.3 is 0 Å². The molecule has 0 aliphatic heterocycles. The Morgan fingerprint density at radius 1 is 0.733 bits per heavy atom. The van der Waals surface area contributed by atoms with Crippen molar-refractivity contribution in [3.8, 4) is 16.9 Å². The lowest BCUT2D eigenvalue weighted by Crippen LogP contribution is -2.15. The van der Waals surface area contributed by atoms with E-state index in [1.54, 1.807) is 0 Å². The minimum absolute atomic E-state index is 0.624. The first-order valence-electron chi connectivity index (χ1n) is 10.1. The zero-order valence-electron chi connectivity index (χ0n) is 17.1. The van der Waals surface area contributed by atoms with Crippen LogP contribution in [0.15, 0.2) is 103 Å². The van der Waals surface area contributed by atoms with Crippen molar-refractivity contribution in [1.29, 1.82) is 0 Å². The van der Waals surface area contributed by atoms with Crippen molar-refractivity contribution in [2.45, 2.75) is 0 Å². The van der Waals surface area contributed by atoms with Crippen LogP contribution in [0.2, 0.25) is 0 Å². The van der Waals surface area contributed by atoms with Crippen LogP contribution < -0.4 is 15.0 Å². The smallest absolute Gasteiger partial charge is 0.127 e. The Hall–Kier alpha value is -3.56. The molecule has 149 valence electrons. The maximum Gasteiger partial charge on any atom is 0.127 e. The SMILES string of the molecule is CNCCOc1[c]ccc(-c2ccc(N(c3ccccc3)c3ccccc3)cc2)c1. The molecule has 0 aromatic heterocycles. The molecule has 0 saturated heterocycles. The summed E-state index contributed by atoms with van der Waals surface area (Å²) in [4.78, 5) is 2.26. The first-order valence-corrected chi connectivity index (χ1v) is 10.1. The van der Waals surface area contributed by atoms with E-state index in [1.165, 1.54) is 0 Å². The van der Waals surface area contributed by atoms with E-state index >= 15 is 0 Å². The third-order valence-corrected chi connectivity index (χ3v) is 4.87. The van der Waals surface area contributed by atoms with Crippen molar-refractivity contribution in [3.05, 3.63) is 109 Å². The van der Waals surface area contributed by atoms with E-state index in [2.05, 4.69) is 95.1 Å². The van der Waals surface area contributed by atoms with Crippen LogP contribution in [0.4, 0.5) is 17.1 Å². The molecule has 3 heteroatoms. The Balaban J connectivity index is 1.62. The Morgan fingerprint density at radius 2 is 1.33 bits per heavy atom. The molecule has 30 heavy (non-hydrogen) atoms. The van der Waals surface area contributed by atoms with Gasteiger partial charge in [-0.15, -0.1) is 0 Å². The molecule has 4 aromatic rings. The van der Waals surface area contributed by atoms with Crippen LogP contribution in [0, 0.1) is 6.07 Å². The van der Waals surface area contributed by atoms with Crippen LogP contribution in [-0.2, 0) is 0 Å². The standard InChI is InChI=1S/C27H25N2O/c1-28-19-20-30-27-14-8-9-23(21-27)22-15-17-26(18-16-22)29(24-10-4-2-5-11-24)25-12-6-3-7-13-25/h2-13,15-18,21,28H,19-20H2,1H3. The lowest BCUT2D eigenvalue weighted by Gasteiger charge is -2.25. The van der Waals surface area contributed by atoms with E-state index in [1.807, 2.05) is 31.3 Å². The second-order valence-corrected chi connectivity index (χ2v) is 6.95. The highest BCUT2D eigenvalue weighted by molar-refractivity contribution is 5.78. The number of likely N-dealkylation sites (N-methyl/N-ethyl adjacent to an activating group) is 1. The van der Waals surface area contributed by atoms with Gasteiger partial charge in [0.05, 0.1) is 0 Å². The number of nitrogens with one attached hydrogen (secondary N) is 1. The molecule has 0 unspecified atom stereocenters. The second-order valence-electron chi connectivity index (χ2n) is 6.95. The first-order chi connectivity index (χ1) is 14.8. The van der Waals surface area contributed by atoms with Crippen LogP contribution in [-0.4, -0.2) is 20.2 Å². The molecule has 0 aliphatic carbocycles. The summed E-state index contributed by atoms with van der Waals surface area (Å²) >= 11 is 0. The van der Waals surface area contributed by atoms with Crippen molar-refractivity contribution in [2.24, 2.45) is 0 Å². The largest absolute Gasteiger partial charge is 0.492 e. The van der Waals surface area contributed by atoms with Crippen molar-refractivity contribution in [3.63, 3.8) is 0 Å². The number of para-hydroxylation sites is 2. The molecule has 3 nitrogen and oxygen atoms in total. The molecule has 4 rings (SSSR count). The van der Waals surface area contributed by atoms with Crippen LogP contribution in [0.1, 0.15) is 0 Å². The van der Waals surface area contributed by atoms with Crippen molar-refractivity contribution < 1.29 is 4.74 Å². The molecule has 0 atom stereocenters. The molecule has 0 heterocycles. The fourth-order valence-corrected chi connectivity index (χ4v) is 3.37. The van der Waals surface area contributed by atoms with E-state index in [0.717, 1.165) is 40.5 Å². The summed E-state index contributed by atoms with van der Waals surface area (Å²) in [5.41, 5.74) is 5.64. The van der Waals surface area contributed by atoms with Gasteiger partial charge in [0.2, 0.25) is 0 Å². The summed E-state index contributed by atoms with van der Waals surface area (Å²) in [5.74, 6) is 0.766. The van der Waals surface area contributed by atoms with Gasteiger partial charge in [0, 0.05) is 29.7 Å². The maximum atomic E-state index is 5.76. The average Bonchev–Trinajstić information content (AvgIpc) is 2.82.